The topological polar surface area (TPSA) is 88.4 Å². The van der Waals surface area contributed by atoms with Crippen molar-refractivity contribution in [2.45, 2.75) is 12.8 Å². The summed E-state index contributed by atoms with van der Waals surface area (Å²) in [5.74, 6) is 0.501. The number of amides is 1. The van der Waals surface area contributed by atoms with E-state index in [1.165, 1.54) is 18.3 Å². The first-order valence-electron chi connectivity index (χ1n) is 5.79. The standard InChI is InChI=1S/C11H14N4O3/c16-11(14-5-1-2-6-14)8-13-10-4-3-9(7-12-10)15(17)18/h3-4,7H,1-2,5-6,8H2,(H,12,13). The zero-order chi connectivity index (χ0) is 13.0. The number of nitrogens with one attached hydrogen (secondary N) is 1. The Kier molecular flexibility index (Phi) is 3.71. The predicted molar refractivity (Wildman–Crippen MR) is 65.2 cm³/mol. The summed E-state index contributed by atoms with van der Waals surface area (Å²) in [6.45, 7) is 1.80. The molecule has 0 radical (unpaired) electrons. The zero-order valence-corrected chi connectivity index (χ0v) is 9.83. The van der Waals surface area contributed by atoms with Gasteiger partial charge in [0, 0.05) is 19.2 Å². The number of carbonyl (C=O) groups is 1. The van der Waals surface area contributed by atoms with Gasteiger partial charge in [0.2, 0.25) is 5.91 Å². The first-order valence-corrected chi connectivity index (χ1v) is 5.79. The van der Waals surface area contributed by atoms with E-state index in [1.807, 2.05) is 0 Å². The Bertz CT molecular complexity index is 440. The smallest absolute Gasteiger partial charge is 0.287 e. The van der Waals surface area contributed by atoms with Gasteiger partial charge in [-0.15, -0.1) is 0 Å². The van der Waals surface area contributed by atoms with Crippen molar-refractivity contribution < 1.29 is 9.72 Å². The van der Waals surface area contributed by atoms with E-state index in [4.69, 9.17) is 0 Å². The lowest BCUT2D eigenvalue weighted by Crippen LogP contribution is -2.33. The third kappa shape index (κ3) is 2.93. The molecule has 1 amide bonds. The molecule has 0 spiro atoms. The average Bonchev–Trinajstić information content (AvgIpc) is 2.90. The molecule has 0 aromatic carbocycles. The zero-order valence-electron chi connectivity index (χ0n) is 9.83. The molecular formula is C11H14N4O3. The molecule has 1 N–H and O–H groups in total. The van der Waals surface area contributed by atoms with E-state index in [9.17, 15) is 14.9 Å². The summed E-state index contributed by atoms with van der Waals surface area (Å²) in [5, 5.41) is 13.3. The highest BCUT2D eigenvalue weighted by Gasteiger charge is 2.17. The van der Waals surface area contributed by atoms with Gasteiger partial charge in [0.1, 0.15) is 12.0 Å². The summed E-state index contributed by atoms with van der Waals surface area (Å²) >= 11 is 0. The Labute approximate surface area is 104 Å². The summed E-state index contributed by atoms with van der Waals surface area (Å²) in [6.07, 6.45) is 3.28. The number of nitro groups is 1. The average molecular weight is 250 g/mol. The molecule has 1 aromatic heterocycles. The maximum Gasteiger partial charge on any atom is 0.287 e. The number of nitrogens with zero attached hydrogens (tertiary/aromatic N) is 3. The van der Waals surface area contributed by atoms with E-state index >= 15 is 0 Å². The molecular weight excluding hydrogens is 236 g/mol. The molecule has 1 aliphatic rings. The Balaban J connectivity index is 1.86. The SMILES string of the molecule is O=C(CNc1ccc([N+](=O)[O-])cn1)N1CCCC1. The van der Waals surface area contributed by atoms with Crippen molar-refractivity contribution >= 4 is 17.4 Å². The van der Waals surface area contributed by atoms with Crippen LogP contribution < -0.4 is 5.32 Å². The van der Waals surface area contributed by atoms with Gasteiger partial charge in [-0.25, -0.2) is 4.98 Å². The van der Waals surface area contributed by atoms with Crippen LogP contribution in [0.5, 0.6) is 0 Å². The Morgan fingerprint density at radius 2 is 2.17 bits per heavy atom. The van der Waals surface area contributed by atoms with E-state index < -0.39 is 4.92 Å². The van der Waals surface area contributed by atoms with Crippen molar-refractivity contribution in [1.82, 2.24) is 9.88 Å². The van der Waals surface area contributed by atoms with E-state index in [-0.39, 0.29) is 18.1 Å². The Morgan fingerprint density at radius 1 is 1.44 bits per heavy atom. The van der Waals surface area contributed by atoms with Crippen molar-refractivity contribution in [1.29, 1.82) is 0 Å². The molecule has 0 saturated carbocycles. The highest BCUT2D eigenvalue weighted by molar-refractivity contribution is 5.80. The minimum absolute atomic E-state index is 0.0349. The number of carbonyl (C=O) groups excluding carboxylic acids is 1. The molecule has 7 heteroatoms. The van der Waals surface area contributed by atoms with Crippen LogP contribution in [0.1, 0.15) is 12.8 Å². The van der Waals surface area contributed by atoms with Crippen LogP contribution >= 0.6 is 0 Å². The summed E-state index contributed by atoms with van der Waals surface area (Å²) in [5.41, 5.74) is -0.0635. The van der Waals surface area contributed by atoms with Gasteiger partial charge >= 0.3 is 0 Å². The fourth-order valence-electron chi connectivity index (χ4n) is 1.84. The summed E-state index contributed by atoms with van der Waals surface area (Å²) in [6, 6.07) is 2.85. The number of hydrogen-bond acceptors (Lipinski definition) is 5. The fourth-order valence-corrected chi connectivity index (χ4v) is 1.84. The van der Waals surface area contributed by atoms with Crippen LogP contribution in [0.3, 0.4) is 0 Å². The summed E-state index contributed by atoms with van der Waals surface area (Å²) in [7, 11) is 0. The molecule has 7 nitrogen and oxygen atoms in total. The van der Waals surface area contributed by atoms with Gasteiger partial charge in [0.15, 0.2) is 0 Å². The van der Waals surface area contributed by atoms with Gasteiger partial charge in [-0.2, -0.15) is 0 Å². The molecule has 1 aliphatic heterocycles. The van der Waals surface area contributed by atoms with Crippen LogP contribution in [0.2, 0.25) is 0 Å². The normalized spacial score (nSPS) is 14.6. The lowest BCUT2D eigenvalue weighted by Gasteiger charge is -2.15. The molecule has 96 valence electrons. The summed E-state index contributed by atoms with van der Waals surface area (Å²) in [4.78, 5) is 27.3. The second-order valence-electron chi connectivity index (χ2n) is 4.10. The molecule has 0 unspecified atom stereocenters. The third-order valence-electron chi connectivity index (χ3n) is 2.84. The monoisotopic (exact) mass is 250 g/mol. The van der Waals surface area contributed by atoms with Gasteiger partial charge in [-0.1, -0.05) is 0 Å². The second-order valence-corrected chi connectivity index (χ2v) is 4.10. The molecule has 2 heterocycles. The molecule has 1 aromatic rings. The lowest BCUT2D eigenvalue weighted by molar-refractivity contribution is -0.385. The predicted octanol–water partition coefficient (Wildman–Crippen LogP) is 1.02. The molecule has 0 atom stereocenters. The molecule has 2 rings (SSSR count). The number of anilines is 1. The van der Waals surface area contributed by atoms with Gasteiger partial charge in [0.25, 0.3) is 5.69 Å². The van der Waals surface area contributed by atoms with Crippen LogP contribution in [-0.2, 0) is 4.79 Å². The van der Waals surface area contributed by atoms with Crippen molar-refractivity contribution in [3.05, 3.63) is 28.4 Å². The van der Waals surface area contributed by atoms with Gasteiger partial charge in [-0.05, 0) is 18.9 Å². The largest absolute Gasteiger partial charge is 0.361 e. The number of likely N-dealkylation sites (tertiary alicyclic amines) is 1. The van der Waals surface area contributed by atoms with E-state index in [1.54, 1.807) is 4.90 Å². The second kappa shape index (κ2) is 5.44. The van der Waals surface area contributed by atoms with Crippen LogP contribution in [0, 0.1) is 10.1 Å². The maximum absolute atomic E-state index is 11.7. The minimum atomic E-state index is -0.508. The van der Waals surface area contributed by atoms with Gasteiger partial charge in [-0.3, -0.25) is 14.9 Å². The van der Waals surface area contributed by atoms with Crippen molar-refractivity contribution in [3.8, 4) is 0 Å². The highest BCUT2D eigenvalue weighted by atomic mass is 16.6. The van der Waals surface area contributed by atoms with Crippen molar-refractivity contribution in [3.63, 3.8) is 0 Å². The fraction of sp³-hybridized carbons (Fsp3) is 0.455. The Morgan fingerprint density at radius 3 is 2.72 bits per heavy atom. The van der Waals surface area contributed by atoms with Crippen molar-refractivity contribution in [2.75, 3.05) is 25.0 Å². The van der Waals surface area contributed by atoms with E-state index in [0.29, 0.717) is 5.82 Å². The molecule has 0 bridgehead atoms. The number of aromatic nitrogens is 1. The number of rotatable bonds is 4. The van der Waals surface area contributed by atoms with Crippen LogP contribution in [0.4, 0.5) is 11.5 Å². The number of pyridine rings is 1. The molecule has 1 saturated heterocycles. The van der Waals surface area contributed by atoms with Crippen LogP contribution in [-0.4, -0.2) is 40.3 Å². The third-order valence-corrected chi connectivity index (χ3v) is 2.84. The molecule has 18 heavy (non-hydrogen) atoms. The summed E-state index contributed by atoms with van der Waals surface area (Å²) < 4.78 is 0. The maximum atomic E-state index is 11.7. The van der Waals surface area contributed by atoms with Crippen LogP contribution in [0.25, 0.3) is 0 Å². The highest BCUT2D eigenvalue weighted by Crippen LogP contribution is 2.12. The number of hydrogen-bond donors (Lipinski definition) is 1. The Hall–Kier alpha value is -2.18. The first-order chi connectivity index (χ1) is 8.66. The van der Waals surface area contributed by atoms with Crippen LogP contribution in [0.15, 0.2) is 18.3 Å². The van der Waals surface area contributed by atoms with E-state index in [0.717, 1.165) is 25.9 Å². The minimum Gasteiger partial charge on any atom is -0.361 e. The quantitative estimate of drug-likeness (QED) is 0.636. The van der Waals surface area contributed by atoms with Crippen molar-refractivity contribution in [2.24, 2.45) is 0 Å². The van der Waals surface area contributed by atoms with Gasteiger partial charge in [0.05, 0.1) is 11.5 Å². The molecule has 1 fully saturated rings. The van der Waals surface area contributed by atoms with Gasteiger partial charge < -0.3 is 10.2 Å². The lowest BCUT2D eigenvalue weighted by atomic mass is 10.4. The van der Waals surface area contributed by atoms with E-state index in [2.05, 4.69) is 10.3 Å². The molecule has 0 aliphatic carbocycles. The first kappa shape index (κ1) is 12.3.